The molecule has 0 aliphatic heterocycles. The Labute approximate surface area is 258 Å². The number of anilines is 3. The van der Waals surface area contributed by atoms with Gasteiger partial charge in [0.2, 0.25) is 5.95 Å². The molecule has 0 saturated heterocycles. The lowest BCUT2D eigenvalue weighted by atomic mass is 10.2. The number of hydrogen-bond acceptors (Lipinski definition) is 10. The first-order chi connectivity index (χ1) is 22.0. The number of alkyl halides is 3. The SMILES string of the molecule is Cn1cc(C(F)(F)F)cc(Nc2nc3ncc(Oc4ccnc(NC(=O)OCCOCc5ccccc5)c4)c(C#N)c3n2C)c1=O. The number of aryl methyl sites for hydroxylation is 2. The van der Waals surface area contributed by atoms with E-state index in [1.807, 2.05) is 36.4 Å². The third-order valence-electron chi connectivity index (χ3n) is 6.49. The molecule has 0 aliphatic rings. The normalized spacial score (nSPS) is 11.2. The predicted octanol–water partition coefficient (Wildman–Crippen LogP) is 5.25. The summed E-state index contributed by atoms with van der Waals surface area (Å²) < 4.78 is 58.7. The molecule has 0 fully saturated rings. The van der Waals surface area contributed by atoms with Crippen molar-refractivity contribution in [3.05, 3.63) is 94.2 Å². The zero-order valence-electron chi connectivity index (χ0n) is 24.3. The molecule has 1 aromatic carbocycles. The minimum absolute atomic E-state index is 0.00577. The van der Waals surface area contributed by atoms with Crippen LogP contribution in [0.25, 0.3) is 11.2 Å². The van der Waals surface area contributed by atoms with Gasteiger partial charge in [0.25, 0.3) is 5.56 Å². The topological polar surface area (TPSA) is 158 Å². The van der Waals surface area contributed by atoms with Crippen LogP contribution in [0.3, 0.4) is 0 Å². The monoisotopic (exact) mass is 634 g/mol. The van der Waals surface area contributed by atoms with Crippen molar-refractivity contribution in [3.63, 3.8) is 0 Å². The van der Waals surface area contributed by atoms with Crippen LogP contribution in [0.2, 0.25) is 0 Å². The molecule has 16 heteroatoms. The van der Waals surface area contributed by atoms with Crippen LogP contribution in [0.5, 0.6) is 11.5 Å². The Kier molecular flexibility index (Phi) is 9.14. The van der Waals surface area contributed by atoms with Gasteiger partial charge >= 0.3 is 12.3 Å². The zero-order chi connectivity index (χ0) is 32.8. The smallest absolute Gasteiger partial charge is 0.417 e. The van der Waals surface area contributed by atoms with Gasteiger partial charge in [0.15, 0.2) is 11.4 Å². The molecule has 2 N–H and O–H groups in total. The maximum absolute atomic E-state index is 13.3. The quantitative estimate of drug-likeness (QED) is 0.194. The molecule has 46 heavy (non-hydrogen) atoms. The lowest BCUT2D eigenvalue weighted by Gasteiger charge is -2.12. The first-order valence-corrected chi connectivity index (χ1v) is 13.5. The van der Waals surface area contributed by atoms with Gasteiger partial charge in [-0.3, -0.25) is 10.1 Å². The first kappa shape index (κ1) is 31.5. The zero-order valence-corrected chi connectivity index (χ0v) is 24.3. The van der Waals surface area contributed by atoms with Crippen LogP contribution in [-0.4, -0.2) is 43.4 Å². The third-order valence-corrected chi connectivity index (χ3v) is 6.49. The van der Waals surface area contributed by atoms with E-state index in [9.17, 15) is 28.0 Å². The van der Waals surface area contributed by atoms with Crippen molar-refractivity contribution in [1.29, 1.82) is 5.26 Å². The Morgan fingerprint density at radius 1 is 1.09 bits per heavy atom. The van der Waals surface area contributed by atoms with E-state index in [0.717, 1.165) is 10.1 Å². The summed E-state index contributed by atoms with van der Waals surface area (Å²) in [4.78, 5) is 37.3. The van der Waals surface area contributed by atoms with Crippen LogP contribution in [-0.2, 0) is 36.4 Å². The van der Waals surface area contributed by atoms with Gasteiger partial charge < -0.3 is 28.7 Å². The van der Waals surface area contributed by atoms with E-state index >= 15 is 0 Å². The Bertz CT molecular complexity index is 1990. The van der Waals surface area contributed by atoms with E-state index in [4.69, 9.17) is 14.2 Å². The molecule has 0 bridgehead atoms. The van der Waals surface area contributed by atoms with Gasteiger partial charge in [0.1, 0.15) is 41.0 Å². The molecule has 0 atom stereocenters. The number of nitrogens with zero attached hydrogens (tertiary/aromatic N) is 6. The Hall–Kier alpha value is -5.95. The summed E-state index contributed by atoms with van der Waals surface area (Å²) >= 11 is 0. The van der Waals surface area contributed by atoms with Crippen molar-refractivity contribution in [3.8, 4) is 17.6 Å². The fourth-order valence-corrected chi connectivity index (χ4v) is 4.30. The number of nitriles is 1. The van der Waals surface area contributed by atoms with E-state index in [2.05, 4.69) is 25.6 Å². The number of halogens is 3. The van der Waals surface area contributed by atoms with Gasteiger partial charge in [-0.25, -0.2) is 14.8 Å². The number of rotatable bonds is 10. The molecule has 0 saturated carbocycles. The van der Waals surface area contributed by atoms with Crippen LogP contribution in [0, 0.1) is 11.3 Å². The largest absolute Gasteiger partial charge is 0.454 e. The summed E-state index contributed by atoms with van der Waals surface area (Å²) in [6.45, 7) is 0.577. The third kappa shape index (κ3) is 7.22. The van der Waals surface area contributed by atoms with E-state index < -0.39 is 23.4 Å². The second-order valence-electron chi connectivity index (χ2n) is 9.74. The molecule has 4 heterocycles. The van der Waals surface area contributed by atoms with Crippen molar-refractivity contribution in [2.24, 2.45) is 14.1 Å². The van der Waals surface area contributed by atoms with Gasteiger partial charge in [0.05, 0.1) is 25.0 Å². The molecule has 5 aromatic rings. The number of benzene rings is 1. The predicted molar refractivity (Wildman–Crippen MR) is 159 cm³/mol. The minimum Gasteiger partial charge on any atom is -0.454 e. The number of aromatic nitrogens is 5. The van der Waals surface area contributed by atoms with Crippen molar-refractivity contribution in [1.82, 2.24) is 24.1 Å². The van der Waals surface area contributed by atoms with Crippen molar-refractivity contribution < 1.29 is 32.2 Å². The summed E-state index contributed by atoms with van der Waals surface area (Å²) in [6.07, 6.45) is -2.14. The molecule has 0 unspecified atom stereocenters. The highest BCUT2D eigenvalue weighted by atomic mass is 19.4. The van der Waals surface area contributed by atoms with Gasteiger partial charge in [0, 0.05) is 32.6 Å². The van der Waals surface area contributed by atoms with E-state index in [1.165, 1.54) is 43.2 Å². The summed E-state index contributed by atoms with van der Waals surface area (Å²) in [5, 5.41) is 15.1. The van der Waals surface area contributed by atoms with Crippen LogP contribution >= 0.6 is 0 Å². The van der Waals surface area contributed by atoms with E-state index in [-0.39, 0.29) is 58.9 Å². The molecular weight excluding hydrogens is 609 g/mol. The van der Waals surface area contributed by atoms with Crippen LogP contribution in [0.1, 0.15) is 16.7 Å². The van der Waals surface area contributed by atoms with Gasteiger partial charge in [-0.2, -0.15) is 23.4 Å². The highest BCUT2D eigenvalue weighted by molar-refractivity contribution is 5.85. The second kappa shape index (κ2) is 13.4. The van der Waals surface area contributed by atoms with E-state index in [1.54, 1.807) is 0 Å². The number of fused-ring (bicyclic) bond motifs is 1. The molecule has 4 aromatic heterocycles. The lowest BCUT2D eigenvalue weighted by molar-refractivity contribution is -0.138. The maximum Gasteiger partial charge on any atom is 0.417 e. The lowest BCUT2D eigenvalue weighted by Crippen LogP contribution is -2.23. The maximum atomic E-state index is 13.3. The number of hydrogen-bond donors (Lipinski definition) is 2. The second-order valence-corrected chi connectivity index (χ2v) is 9.74. The number of carbonyl (C=O) groups excluding carboxylic acids is 1. The molecule has 0 radical (unpaired) electrons. The number of imidazole rings is 1. The van der Waals surface area contributed by atoms with Gasteiger partial charge in [-0.1, -0.05) is 30.3 Å². The Balaban J connectivity index is 1.28. The summed E-state index contributed by atoms with van der Waals surface area (Å²) in [5.74, 6) is 0.291. The molecular formula is C30H25F3N8O5. The number of nitrogens with one attached hydrogen (secondary N) is 2. The molecule has 1 amide bonds. The van der Waals surface area contributed by atoms with Crippen molar-refractivity contribution in [2.75, 3.05) is 23.8 Å². The molecule has 5 rings (SSSR count). The van der Waals surface area contributed by atoms with Crippen molar-refractivity contribution in [2.45, 2.75) is 12.8 Å². The standard InChI is InChI=1S/C30H25F3N8O5/c1-40-16-19(30(31,32)33)12-22(27(40)42)37-28-39-26-25(41(28)2)21(14-34)23(15-36-26)46-20-8-9-35-24(13-20)38-29(43)45-11-10-44-17-18-6-4-3-5-7-18/h3-9,12-13,15-16H,10-11,17H2,1-2H3,(H,35,38,43)(H,36,37,39). The van der Waals surface area contributed by atoms with Crippen molar-refractivity contribution >= 4 is 34.7 Å². The Morgan fingerprint density at radius 2 is 1.87 bits per heavy atom. The fourth-order valence-electron chi connectivity index (χ4n) is 4.30. The number of pyridine rings is 3. The average molecular weight is 635 g/mol. The number of amides is 1. The molecule has 236 valence electrons. The average Bonchev–Trinajstić information content (AvgIpc) is 3.34. The first-order valence-electron chi connectivity index (χ1n) is 13.5. The highest BCUT2D eigenvalue weighted by Gasteiger charge is 2.32. The minimum atomic E-state index is -4.68. The van der Waals surface area contributed by atoms with Crippen LogP contribution in [0.4, 0.5) is 35.4 Å². The summed E-state index contributed by atoms with van der Waals surface area (Å²) in [7, 11) is 2.69. The fraction of sp³-hybridized carbons (Fsp3) is 0.200. The van der Waals surface area contributed by atoms with Gasteiger partial charge in [-0.05, 0) is 17.7 Å². The highest BCUT2D eigenvalue weighted by Crippen LogP contribution is 2.33. The van der Waals surface area contributed by atoms with E-state index in [0.29, 0.717) is 18.9 Å². The van der Waals surface area contributed by atoms with Crippen LogP contribution in [0.15, 0.2) is 71.9 Å². The van der Waals surface area contributed by atoms with Gasteiger partial charge in [-0.15, -0.1) is 0 Å². The summed E-state index contributed by atoms with van der Waals surface area (Å²) in [5.41, 5.74) is -0.867. The number of carbonyl (C=O) groups is 1. The number of ether oxygens (including phenoxy) is 3. The molecule has 0 aliphatic carbocycles. The van der Waals surface area contributed by atoms with Crippen LogP contribution < -0.4 is 20.9 Å². The molecule has 0 spiro atoms. The summed E-state index contributed by atoms with van der Waals surface area (Å²) in [6, 6.07) is 15.1. The molecule has 13 nitrogen and oxygen atoms in total. The Morgan fingerprint density at radius 3 is 2.61 bits per heavy atom.